The van der Waals surface area contributed by atoms with Crippen molar-refractivity contribution in [2.24, 2.45) is 0 Å². The van der Waals surface area contributed by atoms with E-state index in [0.717, 1.165) is 37.4 Å². The predicted molar refractivity (Wildman–Crippen MR) is 82.5 cm³/mol. The van der Waals surface area contributed by atoms with Crippen LogP contribution < -0.4 is 5.32 Å². The van der Waals surface area contributed by atoms with E-state index in [9.17, 15) is 0 Å². The van der Waals surface area contributed by atoms with E-state index >= 15 is 0 Å². The minimum absolute atomic E-state index is 0.458. The van der Waals surface area contributed by atoms with E-state index in [0.29, 0.717) is 6.04 Å². The molecule has 1 aliphatic heterocycles. The maximum Gasteiger partial charge on any atom is 0.138 e. The Kier molecular flexibility index (Phi) is 3.44. The van der Waals surface area contributed by atoms with Crippen molar-refractivity contribution < 1.29 is 0 Å². The number of hydrogen-bond donors (Lipinski definition) is 1. The topological polar surface area (TPSA) is 60.6 Å². The van der Waals surface area contributed by atoms with E-state index in [1.807, 2.05) is 21.6 Å². The summed E-state index contributed by atoms with van der Waals surface area (Å²) in [6.07, 6.45) is 7.49. The monoisotopic (exact) mass is 294 g/mol. The molecule has 1 atom stereocenters. The highest BCUT2D eigenvalue weighted by molar-refractivity contribution is 5.33. The summed E-state index contributed by atoms with van der Waals surface area (Å²) in [6, 6.07) is 10.9. The van der Waals surface area contributed by atoms with Gasteiger partial charge in [0.25, 0.3) is 0 Å². The highest BCUT2D eigenvalue weighted by Crippen LogP contribution is 2.13. The molecule has 6 nitrogen and oxygen atoms in total. The van der Waals surface area contributed by atoms with Crippen LogP contribution in [0, 0.1) is 0 Å². The van der Waals surface area contributed by atoms with E-state index in [4.69, 9.17) is 0 Å². The lowest BCUT2D eigenvalue weighted by atomic mass is 10.1. The molecule has 1 N–H and O–H groups in total. The Morgan fingerprint density at radius 2 is 2.09 bits per heavy atom. The van der Waals surface area contributed by atoms with Gasteiger partial charge in [-0.3, -0.25) is 0 Å². The molecule has 22 heavy (non-hydrogen) atoms. The fourth-order valence-corrected chi connectivity index (χ4v) is 2.85. The van der Waals surface area contributed by atoms with Gasteiger partial charge in [0.15, 0.2) is 0 Å². The highest BCUT2D eigenvalue weighted by atomic mass is 15.3. The molecule has 0 spiro atoms. The van der Waals surface area contributed by atoms with Gasteiger partial charge in [-0.05, 0) is 30.2 Å². The Hall–Kier alpha value is -2.47. The Bertz CT molecular complexity index is 728. The van der Waals surface area contributed by atoms with Crippen LogP contribution in [-0.4, -0.2) is 30.6 Å². The number of nitrogens with one attached hydrogen (secondary N) is 1. The van der Waals surface area contributed by atoms with Gasteiger partial charge in [-0.25, -0.2) is 14.3 Å². The number of nitrogens with zero attached hydrogens (tertiary/aromatic N) is 5. The number of aromatic nitrogens is 5. The average molecular weight is 294 g/mol. The van der Waals surface area contributed by atoms with Crippen LogP contribution in [0.5, 0.6) is 0 Å². The summed E-state index contributed by atoms with van der Waals surface area (Å²) < 4.78 is 3.87. The van der Waals surface area contributed by atoms with Crippen molar-refractivity contribution in [3.05, 3.63) is 60.4 Å². The van der Waals surface area contributed by atoms with Gasteiger partial charge >= 0.3 is 0 Å². The van der Waals surface area contributed by atoms with E-state index in [1.54, 1.807) is 12.5 Å². The third-order valence-electron chi connectivity index (χ3n) is 4.11. The second kappa shape index (κ2) is 5.73. The summed E-state index contributed by atoms with van der Waals surface area (Å²) in [4.78, 5) is 4.26. The summed E-state index contributed by atoms with van der Waals surface area (Å²) in [5, 5.41) is 12.1. The van der Waals surface area contributed by atoms with Crippen LogP contribution in [-0.2, 0) is 19.5 Å². The first-order chi connectivity index (χ1) is 10.9. The number of benzene rings is 1. The molecule has 3 aromatic rings. The third kappa shape index (κ3) is 2.65. The predicted octanol–water partition coefficient (Wildman–Crippen LogP) is 1.57. The van der Waals surface area contributed by atoms with E-state index in [-0.39, 0.29) is 0 Å². The highest BCUT2D eigenvalue weighted by Gasteiger charge is 2.18. The standard InChI is InChI=1S/C16H18N6/c1-8-19-21(9-1)15-5-2-13(3-6-15)10-17-14-4-7-16-18-12-20-22(16)11-14/h1-3,5-6,8-9,12,14,17H,4,7,10-11H2/t14-/m1/s1. The van der Waals surface area contributed by atoms with Crippen molar-refractivity contribution >= 4 is 0 Å². The maximum atomic E-state index is 4.26. The van der Waals surface area contributed by atoms with Crippen molar-refractivity contribution in [1.82, 2.24) is 29.9 Å². The second-order valence-electron chi connectivity index (χ2n) is 5.59. The smallest absolute Gasteiger partial charge is 0.138 e. The molecule has 3 heterocycles. The number of fused-ring (bicyclic) bond motifs is 1. The number of rotatable bonds is 4. The number of hydrogen-bond acceptors (Lipinski definition) is 4. The lowest BCUT2D eigenvalue weighted by Crippen LogP contribution is -2.37. The molecule has 112 valence electrons. The van der Waals surface area contributed by atoms with Crippen LogP contribution in [0.4, 0.5) is 0 Å². The van der Waals surface area contributed by atoms with Crippen molar-refractivity contribution in [2.45, 2.75) is 32.0 Å². The summed E-state index contributed by atoms with van der Waals surface area (Å²) in [5.41, 5.74) is 2.36. The lowest BCUT2D eigenvalue weighted by molar-refractivity contribution is 0.358. The molecular weight excluding hydrogens is 276 g/mol. The van der Waals surface area contributed by atoms with E-state index in [1.165, 1.54) is 5.56 Å². The average Bonchev–Trinajstić information content (AvgIpc) is 3.24. The van der Waals surface area contributed by atoms with Crippen molar-refractivity contribution in [2.75, 3.05) is 0 Å². The molecule has 6 heteroatoms. The van der Waals surface area contributed by atoms with Crippen molar-refractivity contribution in [3.8, 4) is 5.69 Å². The van der Waals surface area contributed by atoms with Gasteiger partial charge < -0.3 is 5.32 Å². The minimum atomic E-state index is 0.458. The minimum Gasteiger partial charge on any atom is -0.308 e. The first kappa shape index (κ1) is 13.2. The van der Waals surface area contributed by atoms with Gasteiger partial charge in [-0.2, -0.15) is 10.2 Å². The Balaban J connectivity index is 1.36. The molecule has 0 radical (unpaired) electrons. The van der Waals surface area contributed by atoms with Crippen molar-refractivity contribution in [1.29, 1.82) is 0 Å². The molecule has 1 aliphatic rings. The fraction of sp³-hybridized carbons (Fsp3) is 0.312. The maximum absolute atomic E-state index is 4.26. The molecule has 0 aliphatic carbocycles. The summed E-state index contributed by atoms with van der Waals surface area (Å²) in [7, 11) is 0. The van der Waals surface area contributed by atoms with Crippen LogP contribution in [0.25, 0.3) is 5.69 Å². The van der Waals surface area contributed by atoms with Gasteiger partial charge in [0.1, 0.15) is 12.2 Å². The first-order valence-electron chi connectivity index (χ1n) is 7.57. The lowest BCUT2D eigenvalue weighted by Gasteiger charge is -2.23. The fourth-order valence-electron chi connectivity index (χ4n) is 2.85. The zero-order valence-corrected chi connectivity index (χ0v) is 12.3. The quantitative estimate of drug-likeness (QED) is 0.793. The SMILES string of the molecule is c1cnn(-c2ccc(CN[C@@H]3CCc4ncnn4C3)cc2)c1. The van der Waals surface area contributed by atoms with Crippen LogP contribution in [0.15, 0.2) is 49.1 Å². The molecule has 4 rings (SSSR count). The Morgan fingerprint density at radius 1 is 1.18 bits per heavy atom. The van der Waals surface area contributed by atoms with E-state index in [2.05, 4.69) is 44.8 Å². The Labute approximate surface area is 128 Å². The molecular formula is C16H18N6. The Morgan fingerprint density at radius 3 is 2.91 bits per heavy atom. The van der Waals surface area contributed by atoms with Crippen LogP contribution in [0.1, 0.15) is 17.8 Å². The largest absolute Gasteiger partial charge is 0.308 e. The van der Waals surface area contributed by atoms with Gasteiger partial charge in [-0.1, -0.05) is 12.1 Å². The zero-order chi connectivity index (χ0) is 14.8. The zero-order valence-electron chi connectivity index (χ0n) is 12.3. The summed E-state index contributed by atoms with van der Waals surface area (Å²) >= 11 is 0. The molecule has 0 fully saturated rings. The second-order valence-corrected chi connectivity index (χ2v) is 5.59. The summed E-state index contributed by atoms with van der Waals surface area (Å²) in [5.74, 6) is 1.10. The van der Waals surface area contributed by atoms with Gasteiger partial charge in [0.2, 0.25) is 0 Å². The molecule has 0 amide bonds. The summed E-state index contributed by atoms with van der Waals surface area (Å²) in [6.45, 7) is 1.77. The third-order valence-corrected chi connectivity index (χ3v) is 4.11. The normalized spacial score (nSPS) is 17.4. The number of aryl methyl sites for hydroxylation is 1. The van der Waals surface area contributed by atoms with E-state index < -0.39 is 0 Å². The van der Waals surface area contributed by atoms with Crippen molar-refractivity contribution in [3.63, 3.8) is 0 Å². The molecule has 1 aromatic carbocycles. The molecule has 2 aromatic heterocycles. The van der Waals surface area contributed by atoms with Gasteiger partial charge in [-0.15, -0.1) is 0 Å². The molecule has 0 saturated carbocycles. The van der Waals surface area contributed by atoms with Crippen LogP contribution in [0.3, 0.4) is 0 Å². The first-order valence-corrected chi connectivity index (χ1v) is 7.57. The molecule has 0 unspecified atom stereocenters. The van der Waals surface area contributed by atoms with Crippen LogP contribution >= 0.6 is 0 Å². The van der Waals surface area contributed by atoms with Crippen LogP contribution in [0.2, 0.25) is 0 Å². The van der Waals surface area contributed by atoms with Gasteiger partial charge in [0, 0.05) is 31.4 Å². The molecule has 0 saturated heterocycles. The molecule has 0 bridgehead atoms. The van der Waals surface area contributed by atoms with Gasteiger partial charge in [0.05, 0.1) is 12.2 Å².